The molecular weight excluding hydrogens is 443 g/mol. The summed E-state index contributed by atoms with van der Waals surface area (Å²) in [5.74, 6) is 0.847. The van der Waals surface area contributed by atoms with E-state index in [0.717, 1.165) is 49.4 Å². The minimum Gasteiger partial charge on any atom is -0.381 e. The van der Waals surface area contributed by atoms with E-state index in [1.165, 1.54) is 5.56 Å². The molecule has 0 saturated carbocycles. The number of nitrogen functional groups attached to an aromatic ring is 1. The number of piperazine rings is 1. The lowest BCUT2D eigenvalue weighted by atomic mass is 10.1. The van der Waals surface area contributed by atoms with E-state index in [4.69, 9.17) is 33.9 Å². The quantitative estimate of drug-likeness (QED) is 0.472. The first-order chi connectivity index (χ1) is 15.5. The van der Waals surface area contributed by atoms with Gasteiger partial charge in [-0.25, -0.2) is 9.97 Å². The third-order valence-electron chi connectivity index (χ3n) is 5.69. The molecule has 1 atom stereocenters. The Morgan fingerprint density at radius 3 is 2.75 bits per heavy atom. The molecule has 0 amide bonds. The second-order valence-corrected chi connectivity index (χ2v) is 8.96. The van der Waals surface area contributed by atoms with Gasteiger partial charge in [0.2, 0.25) is 0 Å². The average molecular weight is 471 g/mol. The maximum Gasteiger partial charge on any atom is 0.169 e. The van der Waals surface area contributed by atoms with E-state index in [2.05, 4.69) is 45.6 Å². The highest BCUT2D eigenvalue weighted by Gasteiger charge is 2.15. The molecule has 0 bridgehead atoms. The number of nitrogens with zero attached hydrogens (tertiary/aromatic N) is 3. The van der Waals surface area contributed by atoms with Crippen LogP contribution in [0.2, 0.25) is 10.0 Å². The largest absolute Gasteiger partial charge is 0.381 e. The van der Waals surface area contributed by atoms with Gasteiger partial charge in [0.25, 0.3) is 0 Å². The van der Waals surface area contributed by atoms with Crippen LogP contribution < -0.4 is 16.4 Å². The van der Waals surface area contributed by atoms with Gasteiger partial charge in [0, 0.05) is 59.9 Å². The molecule has 1 unspecified atom stereocenters. The monoisotopic (exact) mass is 470 g/mol. The molecule has 6 nitrogen and oxygen atoms in total. The Labute approximate surface area is 199 Å². The van der Waals surface area contributed by atoms with Crippen molar-refractivity contribution in [1.82, 2.24) is 20.2 Å². The number of anilines is 2. The number of rotatable bonds is 7. The van der Waals surface area contributed by atoms with Gasteiger partial charge < -0.3 is 21.3 Å². The summed E-state index contributed by atoms with van der Waals surface area (Å²) in [6.45, 7) is 6.93. The highest BCUT2D eigenvalue weighted by Crippen LogP contribution is 2.27. The van der Waals surface area contributed by atoms with E-state index >= 15 is 0 Å². The Balaban J connectivity index is 1.46. The molecule has 2 aromatic carbocycles. The van der Waals surface area contributed by atoms with Crippen molar-refractivity contribution in [2.45, 2.75) is 25.9 Å². The Kier molecular flexibility index (Phi) is 7.48. The molecule has 1 aliphatic rings. The van der Waals surface area contributed by atoms with Gasteiger partial charge in [-0.1, -0.05) is 47.5 Å². The maximum atomic E-state index is 6.28. The molecule has 0 spiro atoms. The van der Waals surface area contributed by atoms with Crippen molar-refractivity contribution in [3.05, 3.63) is 69.8 Å². The normalized spacial score (nSPS) is 16.8. The fraction of sp³-hybridized carbons (Fsp3) is 0.333. The molecular formula is C24H28Cl2N6. The molecule has 4 rings (SSSR count). The van der Waals surface area contributed by atoms with Gasteiger partial charge in [-0.3, -0.25) is 0 Å². The van der Waals surface area contributed by atoms with Gasteiger partial charge in [-0.15, -0.1) is 0 Å². The molecule has 1 aliphatic heterocycles. The number of nitrogens with one attached hydrogen (secondary N) is 2. The number of halogens is 2. The Bertz CT molecular complexity index is 1050. The SMILES string of the molecule is CC1CN(CCc2cccc(-c3cnc(N)c(NCc4c(Cl)cccc4Cl)n3)c2)CCN1. The van der Waals surface area contributed by atoms with Crippen LogP contribution in [-0.4, -0.2) is 47.1 Å². The minimum atomic E-state index is 0.334. The first-order valence-electron chi connectivity index (χ1n) is 10.8. The topological polar surface area (TPSA) is 79.1 Å². The lowest BCUT2D eigenvalue weighted by Gasteiger charge is -2.31. The van der Waals surface area contributed by atoms with E-state index < -0.39 is 0 Å². The van der Waals surface area contributed by atoms with Gasteiger partial charge in [0.1, 0.15) is 0 Å². The molecule has 0 aliphatic carbocycles. The highest BCUT2D eigenvalue weighted by molar-refractivity contribution is 6.36. The van der Waals surface area contributed by atoms with Crippen molar-refractivity contribution >= 4 is 34.8 Å². The van der Waals surface area contributed by atoms with Crippen LogP contribution >= 0.6 is 23.2 Å². The summed E-state index contributed by atoms with van der Waals surface area (Å²) in [6, 6.07) is 14.4. The Morgan fingerprint density at radius 1 is 1.19 bits per heavy atom. The third kappa shape index (κ3) is 5.70. The van der Waals surface area contributed by atoms with Gasteiger partial charge in [-0.2, -0.15) is 0 Å². The number of hydrogen-bond acceptors (Lipinski definition) is 6. The van der Waals surface area contributed by atoms with Crippen LogP contribution in [0.25, 0.3) is 11.3 Å². The van der Waals surface area contributed by atoms with Crippen LogP contribution in [0, 0.1) is 0 Å². The Morgan fingerprint density at radius 2 is 1.97 bits per heavy atom. The van der Waals surface area contributed by atoms with E-state index in [-0.39, 0.29) is 0 Å². The summed E-state index contributed by atoms with van der Waals surface area (Å²) < 4.78 is 0. The predicted octanol–water partition coefficient (Wildman–Crippen LogP) is 4.48. The van der Waals surface area contributed by atoms with Crippen LogP contribution in [-0.2, 0) is 13.0 Å². The number of aromatic nitrogens is 2. The average Bonchev–Trinajstić information content (AvgIpc) is 2.79. The zero-order chi connectivity index (χ0) is 22.5. The summed E-state index contributed by atoms with van der Waals surface area (Å²) >= 11 is 12.6. The van der Waals surface area contributed by atoms with Crippen molar-refractivity contribution in [1.29, 1.82) is 0 Å². The second kappa shape index (κ2) is 10.5. The van der Waals surface area contributed by atoms with Gasteiger partial charge in [0.05, 0.1) is 11.9 Å². The zero-order valence-corrected chi connectivity index (χ0v) is 19.6. The molecule has 1 saturated heterocycles. The third-order valence-corrected chi connectivity index (χ3v) is 6.40. The molecule has 3 aromatic rings. The molecule has 168 valence electrons. The van der Waals surface area contributed by atoms with Crippen molar-refractivity contribution in [3.63, 3.8) is 0 Å². The molecule has 1 fully saturated rings. The van der Waals surface area contributed by atoms with Gasteiger partial charge >= 0.3 is 0 Å². The summed E-state index contributed by atoms with van der Waals surface area (Å²) in [4.78, 5) is 11.6. The summed E-state index contributed by atoms with van der Waals surface area (Å²) in [6.07, 6.45) is 2.71. The summed E-state index contributed by atoms with van der Waals surface area (Å²) in [5, 5.41) is 7.91. The minimum absolute atomic E-state index is 0.334. The first-order valence-corrected chi connectivity index (χ1v) is 11.6. The fourth-order valence-corrected chi connectivity index (χ4v) is 4.46. The van der Waals surface area contributed by atoms with E-state index in [0.29, 0.717) is 34.3 Å². The number of hydrogen-bond donors (Lipinski definition) is 3. The number of nitrogens with two attached hydrogens (primary N) is 1. The maximum absolute atomic E-state index is 6.28. The molecule has 0 radical (unpaired) electrons. The van der Waals surface area contributed by atoms with E-state index in [1.54, 1.807) is 6.20 Å². The lowest BCUT2D eigenvalue weighted by Crippen LogP contribution is -2.49. The van der Waals surface area contributed by atoms with Crippen LogP contribution in [0.1, 0.15) is 18.1 Å². The molecule has 4 N–H and O–H groups in total. The lowest BCUT2D eigenvalue weighted by molar-refractivity contribution is 0.209. The smallest absolute Gasteiger partial charge is 0.169 e. The van der Waals surface area contributed by atoms with E-state index in [1.807, 2.05) is 24.3 Å². The summed E-state index contributed by atoms with van der Waals surface area (Å²) in [7, 11) is 0. The summed E-state index contributed by atoms with van der Waals surface area (Å²) in [5.41, 5.74) is 9.93. The van der Waals surface area contributed by atoms with E-state index in [9.17, 15) is 0 Å². The first kappa shape index (κ1) is 22.8. The van der Waals surface area contributed by atoms with Crippen molar-refractivity contribution < 1.29 is 0 Å². The Hall–Kier alpha value is -2.38. The van der Waals surface area contributed by atoms with Crippen LogP contribution in [0.4, 0.5) is 11.6 Å². The zero-order valence-electron chi connectivity index (χ0n) is 18.1. The van der Waals surface area contributed by atoms with Crippen LogP contribution in [0.3, 0.4) is 0 Å². The number of benzene rings is 2. The van der Waals surface area contributed by atoms with Crippen molar-refractivity contribution in [2.75, 3.05) is 37.2 Å². The van der Waals surface area contributed by atoms with Crippen LogP contribution in [0.5, 0.6) is 0 Å². The molecule has 8 heteroatoms. The van der Waals surface area contributed by atoms with Crippen molar-refractivity contribution in [2.24, 2.45) is 0 Å². The molecule has 2 heterocycles. The predicted molar refractivity (Wildman–Crippen MR) is 133 cm³/mol. The van der Waals surface area contributed by atoms with Gasteiger partial charge in [-0.05, 0) is 37.1 Å². The van der Waals surface area contributed by atoms with Crippen LogP contribution in [0.15, 0.2) is 48.7 Å². The molecule has 32 heavy (non-hydrogen) atoms. The van der Waals surface area contributed by atoms with Gasteiger partial charge in [0.15, 0.2) is 11.6 Å². The second-order valence-electron chi connectivity index (χ2n) is 8.15. The molecule has 1 aromatic heterocycles. The standard InChI is InChI=1S/C24H28Cl2N6/c1-16-15-32(11-9-28-16)10-8-17-4-2-5-18(12-17)22-14-29-23(27)24(31-22)30-13-19-20(25)6-3-7-21(19)26/h2-7,12,14,16,28H,8-11,13,15H2,1H3,(H2,27,29)(H,30,31). The van der Waals surface area contributed by atoms with Crippen molar-refractivity contribution in [3.8, 4) is 11.3 Å². The highest BCUT2D eigenvalue weighted by atomic mass is 35.5. The fourth-order valence-electron chi connectivity index (χ4n) is 3.93.